The fraction of sp³-hybridized carbons (Fsp3) is 0.528. The summed E-state index contributed by atoms with van der Waals surface area (Å²) in [5.74, 6) is -8.55. The number of aliphatic carboxylic acids is 1. The number of carbonyl (C=O) groups is 9. The van der Waals surface area contributed by atoms with Crippen molar-refractivity contribution in [3.8, 4) is 11.4 Å². The molecule has 4 aliphatic heterocycles. The molecule has 10 N–H and O–H groups in total. The molecule has 9 atom stereocenters. The molecule has 0 bridgehead atoms. The van der Waals surface area contributed by atoms with Gasteiger partial charge in [0.1, 0.15) is 56.2 Å². The van der Waals surface area contributed by atoms with Crippen LogP contribution < -0.4 is 32.1 Å². The number of aliphatic hydroxyl groups is 4. The van der Waals surface area contributed by atoms with E-state index in [1.165, 1.54) is 28.9 Å². The Morgan fingerprint density at radius 1 is 0.901 bits per heavy atom. The number of carbonyl (C=O) groups excluding carboxylic acids is 8. The number of rotatable bonds is 23. The monoisotopic (exact) mass is 1130 g/mol. The van der Waals surface area contributed by atoms with E-state index in [1.807, 2.05) is 0 Å². The van der Waals surface area contributed by atoms with Crippen molar-refractivity contribution in [2.75, 3.05) is 33.0 Å². The molecular formula is C53H63FN8O19. The zero-order chi connectivity index (χ0) is 58.8. The maximum absolute atomic E-state index is 15.4. The number of imide groups is 1. The van der Waals surface area contributed by atoms with Crippen molar-refractivity contribution in [1.82, 2.24) is 41.0 Å². The second-order valence-corrected chi connectivity index (χ2v) is 20.7. The van der Waals surface area contributed by atoms with Crippen molar-refractivity contribution in [3.05, 3.63) is 73.8 Å². The third-order valence-corrected chi connectivity index (χ3v) is 15.1. The highest BCUT2D eigenvalue weighted by atomic mass is 19.1. The third-order valence-electron chi connectivity index (χ3n) is 15.1. The molecule has 0 spiro atoms. The first-order valence-corrected chi connectivity index (χ1v) is 26.4. The van der Waals surface area contributed by atoms with Gasteiger partial charge in [-0.25, -0.2) is 19.0 Å². The van der Waals surface area contributed by atoms with Gasteiger partial charge in [-0.3, -0.25) is 43.3 Å². The fourth-order valence-corrected chi connectivity index (χ4v) is 10.6. The molecule has 0 saturated carbocycles. The summed E-state index contributed by atoms with van der Waals surface area (Å²) in [5.41, 5.74) is 0.694. The zero-order valence-corrected chi connectivity index (χ0v) is 44.6. The number of aliphatic hydroxyl groups excluding tert-OH is 3. The molecule has 27 nitrogen and oxygen atoms in total. The number of benzene rings is 1. The van der Waals surface area contributed by atoms with Gasteiger partial charge >= 0.3 is 11.9 Å². The highest BCUT2D eigenvalue weighted by Crippen LogP contribution is 2.46. The van der Waals surface area contributed by atoms with Crippen molar-refractivity contribution in [2.24, 2.45) is 5.92 Å². The van der Waals surface area contributed by atoms with E-state index in [9.17, 15) is 73.5 Å². The van der Waals surface area contributed by atoms with Gasteiger partial charge < -0.3 is 75.6 Å². The van der Waals surface area contributed by atoms with Crippen molar-refractivity contribution in [3.63, 3.8) is 0 Å². The number of amides is 7. The molecule has 0 radical (unpaired) electrons. The summed E-state index contributed by atoms with van der Waals surface area (Å²) in [7, 11) is 0. The smallest absolute Gasteiger partial charge is 0.343 e. The van der Waals surface area contributed by atoms with Gasteiger partial charge in [0.25, 0.3) is 17.4 Å². The number of ether oxygens (including phenoxy) is 4. The minimum absolute atomic E-state index is 0.00343. The van der Waals surface area contributed by atoms with Crippen molar-refractivity contribution < 1.29 is 92.0 Å². The van der Waals surface area contributed by atoms with E-state index in [-0.39, 0.29) is 54.9 Å². The second kappa shape index (κ2) is 24.6. The van der Waals surface area contributed by atoms with Crippen LogP contribution in [0.5, 0.6) is 0 Å². The maximum atomic E-state index is 15.4. The minimum atomic E-state index is -2.09. The van der Waals surface area contributed by atoms with Crippen molar-refractivity contribution in [1.29, 1.82) is 0 Å². The van der Waals surface area contributed by atoms with Crippen LogP contribution in [0, 0.1) is 18.7 Å². The lowest BCUT2D eigenvalue weighted by atomic mass is 9.81. The van der Waals surface area contributed by atoms with Crippen LogP contribution in [0.1, 0.15) is 98.7 Å². The van der Waals surface area contributed by atoms with E-state index in [0.717, 1.165) is 4.90 Å². The van der Waals surface area contributed by atoms with E-state index in [1.54, 1.807) is 27.7 Å². The summed E-state index contributed by atoms with van der Waals surface area (Å²) >= 11 is 0. The number of unbranched alkanes of at least 4 members (excludes halogenated alkanes) is 2. The molecular weight excluding hydrogens is 1070 g/mol. The average molecular weight is 1140 g/mol. The second-order valence-electron chi connectivity index (χ2n) is 20.7. The molecule has 5 aliphatic rings. The Balaban J connectivity index is 0.879. The van der Waals surface area contributed by atoms with Crippen LogP contribution in [0.15, 0.2) is 29.1 Å². The van der Waals surface area contributed by atoms with Crippen LogP contribution in [-0.4, -0.2) is 169 Å². The first kappa shape index (κ1) is 59.5. The molecule has 81 heavy (non-hydrogen) atoms. The van der Waals surface area contributed by atoms with E-state index in [2.05, 4.69) is 26.6 Å². The molecule has 6 heterocycles. The van der Waals surface area contributed by atoms with E-state index in [4.69, 9.17) is 23.9 Å². The Kier molecular flexibility index (Phi) is 18.1. The molecule has 28 heteroatoms. The SMILES string of the molecule is CC[C@]1(O)C(=O)OCc2c1cc1n(c2=O)Cc2c-1nc1cc(F)c(C)c3c1c2[C@H](NC(=O)COCNC(=O)CNC(=O)[C@H](CO[C@@H]1O[C@H](C(=O)O)[C@@H](O)[C@H](O)[C@H]1O)NC(=O)[C@@H](NC(=O)CCCCCN1C(=O)C=CC1=O)C(C)C)CC3. The number of nitrogens with zero attached hydrogens (tertiary/aromatic N) is 3. The largest absolute Gasteiger partial charge is 0.479 e. The molecule has 2 aromatic heterocycles. The van der Waals surface area contributed by atoms with Crippen LogP contribution in [0.4, 0.5) is 4.39 Å². The van der Waals surface area contributed by atoms with Crippen LogP contribution in [-0.2, 0) is 87.3 Å². The average Bonchev–Trinajstić information content (AvgIpc) is 4.23. The van der Waals surface area contributed by atoms with Gasteiger partial charge in [-0.2, -0.15) is 0 Å². The summed E-state index contributed by atoms with van der Waals surface area (Å²) in [6.45, 7) is 3.46. The summed E-state index contributed by atoms with van der Waals surface area (Å²) in [5, 5.41) is 65.1. The molecule has 1 fully saturated rings. The lowest BCUT2D eigenvalue weighted by Gasteiger charge is -2.38. The number of aromatic nitrogens is 2. The van der Waals surface area contributed by atoms with Crippen LogP contribution in [0.2, 0.25) is 0 Å². The first-order chi connectivity index (χ1) is 38.4. The standard InChI is InChI=1S/C53H63FN8O19/c1-5-53(77)28-15-33-42-26(18-62(33)49(73)27(28)19-80-52(53)76)40-30(11-10-25-24(4)29(54)16-31(58-42)39(25)40)57-36(65)21-78-22-56-35(64)17-55-47(71)32(20-79-51-45(70)43(68)44(69)46(81-51)50(74)75)59-48(72)41(23(2)3)60-34(63)9-7-6-8-14-61-37(66)12-13-38(61)67/h12-13,15-16,23,30,32,41,43-46,51,68-70,77H,5-11,14,17-22H2,1-4H3,(H,55,71)(H,56,64)(H,57,65)(H,59,72)(H,60,63)(H,74,75)/t30-,32+,41+,43+,44+,45-,46+,51-,53-/m1/s1. The number of hydrogen-bond acceptors (Lipinski definition) is 19. The molecule has 8 rings (SSSR count). The van der Waals surface area contributed by atoms with Gasteiger partial charge in [-0.15, -0.1) is 0 Å². The minimum Gasteiger partial charge on any atom is -0.479 e. The molecule has 436 valence electrons. The number of esters is 1. The predicted molar refractivity (Wildman–Crippen MR) is 274 cm³/mol. The Morgan fingerprint density at radius 3 is 2.32 bits per heavy atom. The normalized spacial score (nSPS) is 23.3. The Morgan fingerprint density at radius 2 is 1.63 bits per heavy atom. The predicted octanol–water partition coefficient (Wildman–Crippen LogP) is -2.14. The van der Waals surface area contributed by atoms with Crippen molar-refractivity contribution in [2.45, 2.75) is 140 Å². The van der Waals surface area contributed by atoms with Gasteiger partial charge in [0.2, 0.25) is 29.5 Å². The zero-order valence-electron chi connectivity index (χ0n) is 44.6. The summed E-state index contributed by atoms with van der Waals surface area (Å²) in [6, 6.07) is -0.884. The first-order valence-electron chi connectivity index (χ1n) is 26.4. The van der Waals surface area contributed by atoms with Crippen molar-refractivity contribution >= 4 is 64.2 Å². The van der Waals surface area contributed by atoms with Crippen LogP contribution in [0.3, 0.4) is 0 Å². The number of aryl methyl sites for hydroxylation is 1. The third kappa shape index (κ3) is 12.2. The topological polar surface area (TPSA) is 390 Å². The Hall–Kier alpha value is -7.60. The van der Waals surface area contributed by atoms with Gasteiger partial charge in [-0.1, -0.05) is 27.2 Å². The number of carboxylic acids is 1. The number of nitrogens with one attached hydrogen (secondary N) is 5. The molecule has 7 amide bonds. The molecule has 1 aliphatic carbocycles. The highest BCUT2D eigenvalue weighted by Gasteiger charge is 2.49. The van der Waals surface area contributed by atoms with Crippen LogP contribution >= 0.6 is 0 Å². The van der Waals surface area contributed by atoms with Crippen LogP contribution in [0.25, 0.3) is 22.3 Å². The Bertz CT molecular complexity index is 3150. The lowest BCUT2D eigenvalue weighted by Crippen LogP contribution is -2.61. The number of pyridine rings is 2. The van der Waals surface area contributed by atoms with E-state index in [0.29, 0.717) is 65.4 Å². The molecule has 3 aromatic rings. The summed E-state index contributed by atoms with van der Waals surface area (Å²) < 4.78 is 38.1. The number of fused-ring (bicyclic) bond motifs is 5. The van der Waals surface area contributed by atoms with Gasteiger partial charge in [0.15, 0.2) is 18.0 Å². The molecule has 1 saturated heterocycles. The summed E-state index contributed by atoms with van der Waals surface area (Å²) in [6.07, 6.45) is -6.13. The number of cyclic esters (lactones) is 1. The quantitative estimate of drug-likeness (QED) is 0.0164. The van der Waals surface area contributed by atoms with E-state index < -0.39 is 152 Å². The number of halogens is 1. The summed E-state index contributed by atoms with van der Waals surface area (Å²) in [4.78, 5) is 135. The fourth-order valence-electron chi connectivity index (χ4n) is 10.6. The molecule has 0 unspecified atom stereocenters. The maximum Gasteiger partial charge on any atom is 0.343 e. The Labute approximate surface area is 460 Å². The number of hydrogen-bond donors (Lipinski definition) is 10. The van der Waals surface area contributed by atoms with Gasteiger partial charge in [0.05, 0.1) is 48.2 Å². The number of carboxylic acid groups (broad SMARTS) is 1. The lowest BCUT2D eigenvalue weighted by molar-refractivity contribution is -0.294. The molecule has 1 aromatic carbocycles. The highest BCUT2D eigenvalue weighted by molar-refractivity contribution is 6.12. The van der Waals surface area contributed by atoms with E-state index >= 15 is 4.39 Å². The van der Waals surface area contributed by atoms with Gasteiger partial charge in [0, 0.05) is 47.7 Å². The van der Waals surface area contributed by atoms with Gasteiger partial charge in [-0.05, 0) is 67.7 Å².